The predicted molar refractivity (Wildman–Crippen MR) is 231 cm³/mol. The molecule has 0 aromatic heterocycles. The van der Waals surface area contributed by atoms with E-state index < -0.39 is 98.3 Å². The molecular formula is C47H66O17. The number of fused-ring (bicyclic) bond motifs is 1. The van der Waals surface area contributed by atoms with Gasteiger partial charge in [-0.1, -0.05) is 81.9 Å². The molecule has 0 amide bonds. The highest BCUT2D eigenvalue weighted by Gasteiger charge is 2.62. The fraction of sp³-hybridized carbons (Fsp3) is 0.574. The molecule has 3 heterocycles. The largest absolute Gasteiger partial charge is 0.508 e. The van der Waals surface area contributed by atoms with Gasteiger partial charge in [0.05, 0.1) is 18.8 Å². The van der Waals surface area contributed by atoms with Crippen molar-refractivity contribution in [2.45, 2.75) is 152 Å². The molecule has 3 aliphatic heterocycles. The molecule has 17 nitrogen and oxygen atoms in total. The van der Waals surface area contributed by atoms with Crippen molar-refractivity contribution in [3.63, 3.8) is 0 Å². The first-order chi connectivity index (χ1) is 30.5. The zero-order valence-corrected chi connectivity index (χ0v) is 36.8. The standard InChI is InChI=1S/C47H66O17/c1-5-28(3)17-11-9-12-18-29(4)33(51)20-14-10-16-22-39(54)61-44-43(36(26-48)64-47(45(44)58)25-32-34(52)23-31(50)24-35(32)63-47)62-46-42(57)41(56)40(55)37(60-46)27-59-38(53)21-15-8-7-13-19-30(49)6-2/h7-10,12,14-16,18,21-24,28,30,33,36-37,40-46,48-52,55-58H,5-6,11,13,17,19-20,25-27H2,1-4H3/b8-7+,12-9+,14-10+,21-15+,22-16+,29-18+/t28?,30?,33?,36?,37?,40?,41?,42?,43?,44-,45?,46?,47-/m0/s1. The summed E-state index contributed by atoms with van der Waals surface area (Å²) in [7, 11) is 0. The Morgan fingerprint density at radius 1 is 0.859 bits per heavy atom. The number of hydrogen-bond acceptors (Lipinski definition) is 17. The number of rotatable bonds is 22. The van der Waals surface area contributed by atoms with Crippen LogP contribution in [0.5, 0.6) is 17.2 Å². The molecule has 3 aliphatic rings. The fourth-order valence-electron chi connectivity index (χ4n) is 7.18. The molecule has 9 N–H and O–H groups in total. The Bertz CT molecular complexity index is 1840. The number of ether oxygens (including phenoxy) is 6. The zero-order valence-electron chi connectivity index (χ0n) is 36.8. The van der Waals surface area contributed by atoms with E-state index in [0.717, 1.165) is 43.1 Å². The third-order valence-electron chi connectivity index (χ3n) is 11.5. The number of phenols is 2. The van der Waals surface area contributed by atoms with Crippen molar-refractivity contribution in [3.05, 3.63) is 90.1 Å². The van der Waals surface area contributed by atoms with Gasteiger partial charge < -0.3 is 74.4 Å². The third-order valence-corrected chi connectivity index (χ3v) is 11.5. The topological polar surface area (TPSA) is 272 Å². The maximum atomic E-state index is 13.4. The highest BCUT2D eigenvalue weighted by molar-refractivity contribution is 5.82. The Hall–Kier alpha value is -4.40. The van der Waals surface area contributed by atoms with Crippen molar-refractivity contribution in [2.75, 3.05) is 13.2 Å². The average Bonchev–Trinajstić information content (AvgIpc) is 3.65. The maximum absolute atomic E-state index is 13.4. The molecule has 64 heavy (non-hydrogen) atoms. The van der Waals surface area contributed by atoms with Gasteiger partial charge in [0.1, 0.15) is 60.5 Å². The number of aromatic hydroxyl groups is 2. The average molecular weight is 903 g/mol. The number of esters is 2. The summed E-state index contributed by atoms with van der Waals surface area (Å²) < 4.78 is 34.7. The van der Waals surface area contributed by atoms with E-state index in [2.05, 4.69) is 19.9 Å². The van der Waals surface area contributed by atoms with Gasteiger partial charge in [-0.25, -0.2) is 9.59 Å². The highest BCUT2D eigenvalue weighted by atomic mass is 16.8. The number of carbonyl (C=O) groups excluding carboxylic acids is 2. The molecule has 17 heteroatoms. The second-order valence-corrected chi connectivity index (χ2v) is 16.4. The molecule has 0 aliphatic carbocycles. The van der Waals surface area contributed by atoms with Crippen molar-refractivity contribution in [1.82, 2.24) is 0 Å². The minimum Gasteiger partial charge on any atom is -0.508 e. The number of benzene rings is 1. The van der Waals surface area contributed by atoms with Crippen molar-refractivity contribution in [1.29, 1.82) is 0 Å². The van der Waals surface area contributed by atoms with E-state index in [1.165, 1.54) is 24.3 Å². The van der Waals surface area contributed by atoms with E-state index in [4.69, 9.17) is 28.4 Å². The number of phenolic OH excluding ortho intramolecular Hbond substituents is 2. The molecule has 0 saturated carbocycles. The second-order valence-electron chi connectivity index (χ2n) is 16.4. The Morgan fingerprint density at radius 2 is 1.55 bits per heavy atom. The van der Waals surface area contributed by atoms with Gasteiger partial charge in [-0.05, 0) is 56.9 Å². The van der Waals surface area contributed by atoms with Gasteiger partial charge in [0.15, 0.2) is 18.5 Å². The van der Waals surface area contributed by atoms with Crippen molar-refractivity contribution < 1.29 is 84.0 Å². The predicted octanol–water partition coefficient (Wildman–Crippen LogP) is 2.98. The van der Waals surface area contributed by atoms with E-state index in [-0.39, 0.29) is 35.7 Å². The van der Waals surface area contributed by atoms with Gasteiger partial charge >= 0.3 is 11.9 Å². The van der Waals surface area contributed by atoms with Gasteiger partial charge in [0, 0.05) is 36.3 Å². The van der Waals surface area contributed by atoms with Crippen molar-refractivity contribution in [2.24, 2.45) is 5.92 Å². The summed E-state index contributed by atoms with van der Waals surface area (Å²) >= 11 is 0. The van der Waals surface area contributed by atoms with Crippen LogP contribution in [0, 0.1) is 5.92 Å². The van der Waals surface area contributed by atoms with E-state index in [0.29, 0.717) is 25.2 Å². The quantitative estimate of drug-likeness (QED) is 0.0460. The van der Waals surface area contributed by atoms with Gasteiger partial charge in [-0.15, -0.1) is 0 Å². The molecule has 1 aromatic carbocycles. The van der Waals surface area contributed by atoms with E-state index in [9.17, 15) is 55.5 Å². The van der Waals surface area contributed by atoms with E-state index in [1.807, 2.05) is 26.0 Å². The SMILES string of the molecule is CCC(C)CC/C=C/C=C(\C)C(O)C/C=C/C=C/C(=O)O[C@H]1C(OC2OC(COC(=O)/C=C/C=C/CCC(O)CC)C(O)C(O)C2O)C(CO)O[C@@]2(Cc3c(O)cc(O)cc3O2)C1O. The molecule has 4 rings (SSSR count). The van der Waals surface area contributed by atoms with Crippen LogP contribution in [0.2, 0.25) is 0 Å². The Balaban J connectivity index is 1.48. The zero-order chi connectivity index (χ0) is 47.0. The van der Waals surface area contributed by atoms with Crippen LogP contribution >= 0.6 is 0 Å². The summed E-state index contributed by atoms with van der Waals surface area (Å²) in [4.78, 5) is 25.8. The Kier molecular flexibility index (Phi) is 20.7. The molecule has 11 unspecified atom stereocenters. The summed E-state index contributed by atoms with van der Waals surface area (Å²) in [5, 5.41) is 95.9. The first-order valence-electron chi connectivity index (χ1n) is 21.8. The third kappa shape index (κ3) is 14.6. The number of hydrogen-bond donors (Lipinski definition) is 9. The van der Waals surface area contributed by atoms with E-state index in [1.54, 1.807) is 18.2 Å². The monoisotopic (exact) mass is 902 g/mol. The van der Waals surface area contributed by atoms with Crippen molar-refractivity contribution in [3.8, 4) is 17.2 Å². The summed E-state index contributed by atoms with van der Waals surface area (Å²) in [5.41, 5.74) is 0.879. The summed E-state index contributed by atoms with van der Waals surface area (Å²) in [6, 6.07) is 2.22. The number of aliphatic hydroxyl groups is 7. The smallest absolute Gasteiger partial charge is 0.331 e. The maximum Gasteiger partial charge on any atom is 0.331 e. The lowest BCUT2D eigenvalue weighted by molar-refractivity contribution is -0.373. The van der Waals surface area contributed by atoms with Gasteiger partial charge in [-0.3, -0.25) is 0 Å². The van der Waals surface area contributed by atoms with Crippen LogP contribution in [0.1, 0.15) is 78.2 Å². The van der Waals surface area contributed by atoms with Crippen LogP contribution in [-0.2, 0) is 39.7 Å². The minimum absolute atomic E-state index is 0.0640. The number of aliphatic hydroxyl groups excluding tert-OH is 7. The molecule has 1 spiro atoms. The second kappa shape index (κ2) is 25.3. The lowest BCUT2D eigenvalue weighted by atomic mass is 9.89. The highest BCUT2D eigenvalue weighted by Crippen LogP contribution is 2.48. The van der Waals surface area contributed by atoms with Crippen molar-refractivity contribution >= 4 is 11.9 Å². The molecule has 356 valence electrons. The molecular weight excluding hydrogens is 837 g/mol. The molecule has 2 fully saturated rings. The van der Waals surface area contributed by atoms with Gasteiger partial charge in [0.25, 0.3) is 0 Å². The van der Waals surface area contributed by atoms with Crippen LogP contribution in [-0.4, -0.2) is 144 Å². The summed E-state index contributed by atoms with van der Waals surface area (Å²) in [5.74, 6) is -4.13. The minimum atomic E-state index is -2.11. The molecule has 0 radical (unpaired) electrons. The van der Waals surface area contributed by atoms with Crippen LogP contribution < -0.4 is 4.74 Å². The molecule has 13 atom stereocenters. The van der Waals surface area contributed by atoms with Crippen LogP contribution in [0.25, 0.3) is 0 Å². The lowest BCUT2D eigenvalue weighted by Crippen LogP contribution is -2.70. The molecule has 1 aromatic rings. The van der Waals surface area contributed by atoms with Crippen LogP contribution in [0.3, 0.4) is 0 Å². The van der Waals surface area contributed by atoms with Gasteiger partial charge in [-0.2, -0.15) is 0 Å². The van der Waals surface area contributed by atoms with E-state index >= 15 is 0 Å². The van der Waals surface area contributed by atoms with Crippen LogP contribution in [0.4, 0.5) is 0 Å². The lowest BCUT2D eigenvalue weighted by Gasteiger charge is -2.49. The first kappa shape index (κ1) is 52.2. The Morgan fingerprint density at radius 3 is 2.25 bits per heavy atom. The number of allylic oxidation sites excluding steroid dienone is 8. The normalized spacial score (nSPS) is 30.1. The molecule has 0 bridgehead atoms. The molecule has 2 saturated heterocycles. The van der Waals surface area contributed by atoms with Crippen LogP contribution in [0.15, 0.2) is 84.5 Å². The first-order valence-corrected chi connectivity index (χ1v) is 21.8. The summed E-state index contributed by atoms with van der Waals surface area (Å²) in [6.07, 6.45) is 4.98. The summed E-state index contributed by atoms with van der Waals surface area (Å²) in [6.45, 7) is 6.56. The number of carbonyl (C=O) groups is 2. The van der Waals surface area contributed by atoms with Gasteiger partial charge in [0.2, 0.25) is 5.79 Å². The fourth-order valence-corrected chi connectivity index (χ4v) is 7.18. The Labute approximate surface area is 373 Å².